The molecule has 4 aromatic rings. The molecule has 0 amide bonds. The van der Waals surface area contributed by atoms with E-state index in [1.165, 1.54) is 22.7 Å². The first-order chi connectivity index (χ1) is 15.7. The predicted molar refractivity (Wildman–Crippen MR) is 131 cm³/mol. The Morgan fingerprint density at radius 2 is 1.09 bits per heavy atom. The molecule has 0 atom stereocenters. The van der Waals surface area contributed by atoms with Crippen molar-refractivity contribution in [2.75, 3.05) is 0 Å². The van der Waals surface area contributed by atoms with Crippen LogP contribution in [0.25, 0.3) is 9.75 Å². The van der Waals surface area contributed by atoms with Crippen LogP contribution < -0.4 is 32.9 Å². The molecular weight excluding hydrogens is 641 g/mol. The third kappa shape index (κ3) is 4.68. The van der Waals surface area contributed by atoms with Crippen LogP contribution in [-0.4, -0.2) is 4.30 Å². The first-order valence-corrected chi connectivity index (χ1v) is 14.3. The van der Waals surface area contributed by atoms with Gasteiger partial charge in [-0.25, -0.2) is 22.0 Å². The van der Waals surface area contributed by atoms with Crippen molar-refractivity contribution in [1.82, 2.24) is 0 Å². The molecule has 0 aliphatic carbocycles. The largest absolute Gasteiger partial charge is 1.00 e. The fourth-order valence-electron chi connectivity index (χ4n) is 3.92. The van der Waals surface area contributed by atoms with Crippen molar-refractivity contribution in [2.24, 2.45) is 0 Å². The highest BCUT2D eigenvalue weighted by Gasteiger charge is 2.55. The Morgan fingerprint density at radius 1 is 0.676 bits per heavy atom. The molecule has 2 aromatic carbocycles. The van der Waals surface area contributed by atoms with Crippen LogP contribution in [0.15, 0.2) is 53.2 Å². The summed E-state index contributed by atoms with van der Waals surface area (Å²) in [6, 6.07) is 13.1. The molecule has 0 N–H and O–H groups in total. The number of fused-ring (bicyclic) bond motifs is 3. The van der Waals surface area contributed by atoms with Crippen LogP contribution in [0, 0.1) is 29.1 Å². The highest BCUT2D eigenvalue weighted by molar-refractivity contribution is 7.96. The van der Waals surface area contributed by atoms with Gasteiger partial charge in [-0.3, -0.25) is 0 Å². The lowest BCUT2D eigenvalue weighted by molar-refractivity contribution is -0.00000851. The molecule has 0 saturated heterocycles. The molecule has 0 spiro atoms. The summed E-state index contributed by atoms with van der Waals surface area (Å²) in [7, 11) is -2.63. The van der Waals surface area contributed by atoms with Gasteiger partial charge in [0.25, 0.3) is 0 Å². The standard InChI is InChI=1S/C21H11F5PS2.CHCl3.BrH/c22-15-12(16(23)18(25)19(26)17(15)24)10-27(11-4-2-1-3-5-11)13-6-8-28-20(13)21-14(27)7-9-29-21;2-1(3)4;/h1-9H,10H2;1H;1H/q+1;;/p-1. The number of benzene rings is 2. The number of rotatable bonds is 3. The van der Waals surface area contributed by atoms with Crippen LogP contribution in [-0.2, 0) is 6.16 Å². The van der Waals surface area contributed by atoms with E-state index in [4.69, 9.17) is 34.8 Å². The Kier molecular flexibility index (Phi) is 9.11. The fourth-order valence-corrected chi connectivity index (χ4v) is 11.7. The van der Waals surface area contributed by atoms with Gasteiger partial charge in [0.15, 0.2) is 27.6 Å². The first kappa shape index (κ1) is 27.9. The monoisotopic (exact) mass is 650 g/mol. The molecule has 2 aromatic heterocycles. The van der Waals surface area contributed by atoms with Gasteiger partial charge in [-0.15, -0.1) is 22.7 Å². The second kappa shape index (κ2) is 11.1. The van der Waals surface area contributed by atoms with Gasteiger partial charge < -0.3 is 17.0 Å². The summed E-state index contributed by atoms with van der Waals surface area (Å²) in [6.45, 7) is 0. The molecule has 1 aliphatic heterocycles. The number of hydrogen-bond donors (Lipinski definition) is 0. The van der Waals surface area contributed by atoms with Crippen LogP contribution in [0.1, 0.15) is 5.56 Å². The third-order valence-corrected chi connectivity index (χ3v) is 11.9. The summed E-state index contributed by atoms with van der Waals surface area (Å²) in [5.74, 6) is -9.44. The molecule has 0 saturated carbocycles. The van der Waals surface area contributed by atoms with Crippen LogP contribution in [0.2, 0.25) is 0 Å². The second-order valence-electron chi connectivity index (χ2n) is 6.87. The lowest BCUT2D eigenvalue weighted by Gasteiger charge is -2.24. The number of halogens is 9. The van der Waals surface area contributed by atoms with Crippen molar-refractivity contribution in [3.8, 4) is 9.75 Å². The fraction of sp³-hybridized carbons (Fsp3) is 0.0909. The summed E-state index contributed by atoms with van der Waals surface area (Å²) in [4.78, 5) is 2.02. The minimum Gasteiger partial charge on any atom is -1.00 e. The Balaban J connectivity index is 0.000000603. The van der Waals surface area contributed by atoms with E-state index in [2.05, 4.69) is 0 Å². The summed E-state index contributed by atoms with van der Waals surface area (Å²) in [6.07, 6.45) is -0.268. The summed E-state index contributed by atoms with van der Waals surface area (Å²) in [5.41, 5.74) is -0.755. The van der Waals surface area contributed by atoms with Crippen molar-refractivity contribution in [3.05, 3.63) is 87.9 Å². The summed E-state index contributed by atoms with van der Waals surface area (Å²) < 4.78 is 70.0. The van der Waals surface area contributed by atoms with Gasteiger partial charge in [-0.05, 0) is 35.0 Å². The van der Waals surface area contributed by atoms with Crippen molar-refractivity contribution in [3.63, 3.8) is 0 Å². The van der Waals surface area contributed by atoms with E-state index in [0.717, 1.165) is 25.7 Å². The van der Waals surface area contributed by atoms with E-state index in [0.29, 0.717) is 0 Å². The lowest BCUT2D eigenvalue weighted by Crippen LogP contribution is -3.00. The van der Waals surface area contributed by atoms with Gasteiger partial charge in [0.1, 0.15) is 29.3 Å². The number of thiophene rings is 2. The molecule has 180 valence electrons. The zero-order chi connectivity index (χ0) is 23.9. The van der Waals surface area contributed by atoms with E-state index in [-0.39, 0.29) is 23.1 Å². The first-order valence-electron chi connectivity index (χ1n) is 9.22. The predicted octanol–water partition coefficient (Wildman–Crippen LogP) is 4.97. The number of hydrogen-bond acceptors (Lipinski definition) is 2. The zero-order valence-corrected chi connectivity index (χ0v) is 23.0. The third-order valence-electron chi connectivity index (χ3n) is 5.21. The van der Waals surface area contributed by atoms with E-state index >= 15 is 0 Å². The van der Waals surface area contributed by atoms with Crippen molar-refractivity contribution in [1.29, 1.82) is 0 Å². The van der Waals surface area contributed by atoms with E-state index in [1.807, 2.05) is 53.2 Å². The van der Waals surface area contributed by atoms with E-state index in [1.54, 1.807) is 0 Å². The van der Waals surface area contributed by atoms with Crippen molar-refractivity contribution >= 4 is 80.7 Å². The molecule has 1 aliphatic rings. The normalized spacial score (nSPS) is 13.1. The van der Waals surface area contributed by atoms with Crippen molar-refractivity contribution < 1.29 is 38.9 Å². The minimum absolute atomic E-state index is 0. The minimum atomic E-state index is -2.63. The lowest BCUT2D eigenvalue weighted by atomic mass is 10.2. The topological polar surface area (TPSA) is 0 Å². The Morgan fingerprint density at radius 3 is 1.53 bits per heavy atom. The van der Waals surface area contributed by atoms with Gasteiger partial charge >= 0.3 is 0 Å². The second-order valence-corrected chi connectivity index (χ2v) is 14.1. The molecule has 0 nitrogen and oxygen atoms in total. The average Bonchev–Trinajstić information content (AvgIpc) is 3.50. The summed E-state index contributed by atoms with van der Waals surface area (Å²) >= 11 is 17.5. The molecular formula is C22H12BrCl3F5PS2. The van der Waals surface area contributed by atoms with Crippen LogP contribution in [0.5, 0.6) is 0 Å². The molecule has 0 radical (unpaired) electrons. The van der Waals surface area contributed by atoms with Gasteiger partial charge in [0.05, 0.1) is 15.3 Å². The van der Waals surface area contributed by atoms with Crippen LogP contribution >= 0.6 is 64.7 Å². The van der Waals surface area contributed by atoms with Gasteiger partial charge in [0, 0.05) is 0 Å². The Labute approximate surface area is 226 Å². The quantitative estimate of drug-likeness (QED) is 0.0965. The van der Waals surface area contributed by atoms with E-state index < -0.39 is 46.2 Å². The van der Waals surface area contributed by atoms with Crippen molar-refractivity contribution in [2.45, 2.75) is 10.5 Å². The molecule has 5 rings (SSSR count). The highest BCUT2D eigenvalue weighted by Crippen LogP contribution is 2.66. The Hall–Kier alpha value is -0.730. The molecule has 12 heteroatoms. The van der Waals surface area contributed by atoms with Gasteiger partial charge in [-0.1, -0.05) is 53.0 Å². The number of alkyl halides is 3. The van der Waals surface area contributed by atoms with Gasteiger partial charge in [-0.2, -0.15) is 0 Å². The maximum Gasteiger partial charge on any atom is 0.200 e. The van der Waals surface area contributed by atoms with Crippen LogP contribution in [0.4, 0.5) is 22.0 Å². The average molecular weight is 653 g/mol. The maximum absolute atomic E-state index is 14.6. The molecule has 0 fully saturated rings. The van der Waals surface area contributed by atoms with E-state index in [9.17, 15) is 22.0 Å². The molecule has 3 heterocycles. The molecule has 34 heavy (non-hydrogen) atoms. The zero-order valence-electron chi connectivity index (χ0n) is 16.6. The highest BCUT2D eigenvalue weighted by atomic mass is 79.9. The molecule has 0 unspecified atom stereocenters. The van der Waals surface area contributed by atoms with Crippen LogP contribution in [0.3, 0.4) is 0 Å². The smallest absolute Gasteiger partial charge is 0.200 e. The SMILES string of the molecule is ClC(Cl)Cl.Fc1c(F)c(F)c(C[P+]2(c3ccccc3)c3ccsc3-c3sccc32)c(F)c1F.[Br-]. The van der Waals surface area contributed by atoms with Gasteiger partial charge in [0.2, 0.25) is 5.82 Å². The summed E-state index contributed by atoms with van der Waals surface area (Å²) in [5, 5.41) is 6.52. The maximum atomic E-state index is 14.6. The Bertz CT molecular complexity index is 1240. The molecule has 0 bridgehead atoms.